The van der Waals surface area contributed by atoms with Crippen molar-refractivity contribution in [3.8, 4) is 0 Å². The molecule has 1 aliphatic heterocycles. The molecule has 0 amide bonds. The summed E-state index contributed by atoms with van der Waals surface area (Å²) < 4.78 is 2.26. The Labute approximate surface area is 156 Å². The smallest absolute Gasteiger partial charge is 0.191 e. The van der Waals surface area contributed by atoms with Gasteiger partial charge in [-0.25, -0.2) is 0 Å². The van der Waals surface area contributed by atoms with Crippen molar-refractivity contribution in [2.45, 2.75) is 83.9 Å². The first kappa shape index (κ1) is 19.1. The molecule has 3 atom stereocenters. The van der Waals surface area contributed by atoms with Crippen LogP contribution in [0.15, 0.2) is 4.99 Å². The van der Waals surface area contributed by atoms with Crippen LogP contribution in [0.3, 0.4) is 0 Å². The minimum absolute atomic E-state index is 0.0747. The quantitative estimate of drug-likeness (QED) is 0.562. The molecule has 3 N–H and O–H groups in total. The highest BCUT2D eigenvalue weighted by Gasteiger charge is 2.35. The van der Waals surface area contributed by atoms with E-state index in [1.54, 1.807) is 0 Å². The van der Waals surface area contributed by atoms with Gasteiger partial charge in [-0.2, -0.15) is 0 Å². The van der Waals surface area contributed by atoms with Gasteiger partial charge in [-0.15, -0.1) is 10.2 Å². The van der Waals surface area contributed by atoms with Gasteiger partial charge < -0.3 is 20.3 Å². The number of guanidine groups is 1. The van der Waals surface area contributed by atoms with Crippen LogP contribution in [-0.4, -0.2) is 51.6 Å². The summed E-state index contributed by atoms with van der Waals surface area (Å²) in [6, 6.07) is 0.311. The molecule has 7 nitrogen and oxygen atoms in total. The second-order valence-corrected chi connectivity index (χ2v) is 8.46. The fourth-order valence-corrected chi connectivity index (χ4v) is 4.15. The summed E-state index contributed by atoms with van der Waals surface area (Å²) in [5, 5.41) is 26.1. The largest absolute Gasteiger partial charge is 0.392 e. The number of aliphatic imine (C=N–C) groups is 1. The Balaban J connectivity index is 1.58. The molecular weight excluding hydrogens is 328 g/mol. The fraction of sp³-hybridized carbons (Fsp3) is 0.842. The van der Waals surface area contributed by atoms with E-state index >= 15 is 0 Å². The van der Waals surface area contributed by atoms with Crippen LogP contribution in [0.4, 0.5) is 0 Å². The van der Waals surface area contributed by atoms with Crippen molar-refractivity contribution < 1.29 is 5.11 Å². The SMILES string of the molecule is CN=C(NCC1(C)CCCCC1O)NC1CCc2nnc(C(C)C)n2C1. The number of aryl methyl sites for hydroxylation is 1. The fourth-order valence-electron chi connectivity index (χ4n) is 4.15. The van der Waals surface area contributed by atoms with Crippen molar-refractivity contribution in [1.82, 2.24) is 25.4 Å². The molecule has 1 aromatic heterocycles. The summed E-state index contributed by atoms with van der Waals surface area (Å²) in [7, 11) is 1.81. The number of aliphatic hydroxyl groups excluding tert-OH is 1. The molecule has 146 valence electrons. The van der Waals surface area contributed by atoms with Gasteiger partial charge >= 0.3 is 0 Å². The number of nitrogens with zero attached hydrogens (tertiary/aromatic N) is 4. The van der Waals surface area contributed by atoms with Crippen LogP contribution >= 0.6 is 0 Å². The second-order valence-electron chi connectivity index (χ2n) is 8.46. The topological polar surface area (TPSA) is 87.4 Å². The van der Waals surface area contributed by atoms with Crippen LogP contribution in [0.2, 0.25) is 0 Å². The number of aliphatic hydroxyl groups is 1. The van der Waals surface area contributed by atoms with Crippen LogP contribution < -0.4 is 10.6 Å². The van der Waals surface area contributed by atoms with Gasteiger partial charge in [-0.05, 0) is 19.3 Å². The molecule has 3 rings (SSSR count). The van der Waals surface area contributed by atoms with Gasteiger partial charge in [0.25, 0.3) is 0 Å². The highest BCUT2D eigenvalue weighted by molar-refractivity contribution is 5.80. The lowest BCUT2D eigenvalue weighted by atomic mass is 9.73. The number of rotatable bonds is 4. The van der Waals surface area contributed by atoms with Crippen LogP contribution in [0, 0.1) is 5.41 Å². The molecule has 2 heterocycles. The zero-order valence-corrected chi connectivity index (χ0v) is 16.6. The van der Waals surface area contributed by atoms with Gasteiger partial charge in [0, 0.05) is 43.9 Å². The molecule has 1 saturated carbocycles. The average molecular weight is 363 g/mol. The molecule has 26 heavy (non-hydrogen) atoms. The van der Waals surface area contributed by atoms with Crippen molar-refractivity contribution >= 4 is 5.96 Å². The van der Waals surface area contributed by atoms with Crippen LogP contribution in [0.5, 0.6) is 0 Å². The van der Waals surface area contributed by atoms with Crippen molar-refractivity contribution in [3.63, 3.8) is 0 Å². The lowest BCUT2D eigenvalue weighted by Gasteiger charge is -2.39. The first-order valence-corrected chi connectivity index (χ1v) is 10.00. The molecule has 7 heteroatoms. The monoisotopic (exact) mass is 362 g/mol. The lowest BCUT2D eigenvalue weighted by Crippen LogP contribution is -2.51. The van der Waals surface area contributed by atoms with Crippen molar-refractivity contribution in [2.24, 2.45) is 10.4 Å². The van der Waals surface area contributed by atoms with E-state index in [-0.39, 0.29) is 11.5 Å². The first-order chi connectivity index (χ1) is 12.4. The van der Waals surface area contributed by atoms with E-state index in [4.69, 9.17) is 0 Å². The van der Waals surface area contributed by atoms with Crippen molar-refractivity contribution in [3.05, 3.63) is 11.6 Å². The Hall–Kier alpha value is -1.63. The molecule has 1 aliphatic carbocycles. The first-order valence-electron chi connectivity index (χ1n) is 10.00. The summed E-state index contributed by atoms with van der Waals surface area (Å²) >= 11 is 0. The van der Waals surface area contributed by atoms with Crippen LogP contribution in [-0.2, 0) is 13.0 Å². The van der Waals surface area contributed by atoms with Gasteiger partial charge in [0.05, 0.1) is 6.10 Å². The molecule has 1 fully saturated rings. The predicted molar refractivity (Wildman–Crippen MR) is 103 cm³/mol. The molecule has 1 aromatic rings. The summed E-state index contributed by atoms with van der Waals surface area (Å²) in [5.74, 6) is 3.34. The molecule has 0 radical (unpaired) electrons. The van der Waals surface area contributed by atoms with Gasteiger partial charge in [-0.1, -0.05) is 33.6 Å². The third-order valence-electron chi connectivity index (χ3n) is 6.00. The third kappa shape index (κ3) is 4.03. The molecular formula is C19H34N6O. The third-order valence-corrected chi connectivity index (χ3v) is 6.00. The van der Waals surface area contributed by atoms with Crippen molar-refractivity contribution in [2.75, 3.05) is 13.6 Å². The number of aromatic nitrogens is 3. The van der Waals surface area contributed by atoms with E-state index in [1.165, 1.54) is 6.42 Å². The zero-order chi connectivity index (χ0) is 18.7. The molecule has 2 aliphatic rings. The summed E-state index contributed by atoms with van der Waals surface area (Å²) in [6.07, 6.45) is 6.01. The summed E-state index contributed by atoms with van der Waals surface area (Å²) in [6.45, 7) is 8.11. The van der Waals surface area contributed by atoms with Gasteiger partial charge in [0.1, 0.15) is 11.6 Å². The van der Waals surface area contributed by atoms with Gasteiger partial charge in [0.15, 0.2) is 5.96 Å². The van der Waals surface area contributed by atoms with E-state index in [2.05, 4.69) is 51.2 Å². The lowest BCUT2D eigenvalue weighted by molar-refractivity contribution is 0.00394. The van der Waals surface area contributed by atoms with Crippen molar-refractivity contribution in [1.29, 1.82) is 0 Å². The maximum atomic E-state index is 10.4. The minimum atomic E-state index is -0.232. The van der Waals surface area contributed by atoms with Gasteiger partial charge in [-0.3, -0.25) is 4.99 Å². The summed E-state index contributed by atoms with van der Waals surface area (Å²) in [4.78, 5) is 4.40. The Kier molecular flexibility index (Phi) is 5.85. The van der Waals surface area contributed by atoms with E-state index in [9.17, 15) is 5.11 Å². The zero-order valence-electron chi connectivity index (χ0n) is 16.6. The number of hydrogen-bond acceptors (Lipinski definition) is 4. The number of nitrogens with one attached hydrogen (secondary N) is 2. The Morgan fingerprint density at radius 2 is 2.15 bits per heavy atom. The van der Waals surface area contributed by atoms with Crippen LogP contribution in [0.25, 0.3) is 0 Å². The van der Waals surface area contributed by atoms with E-state index in [0.717, 1.165) is 62.8 Å². The minimum Gasteiger partial charge on any atom is -0.392 e. The standard InChI is InChI=1S/C19H34N6O/c1-13(2)17-24-23-16-9-8-14(11-25(16)17)22-18(20-4)21-12-19(3)10-6-5-7-15(19)26/h13-15,26H,5-12H2,1-4H3,(H2,20,21,22). The van der Waals surface area contributed by atoms with E-state index in [1.807, 2.05) is 7.05 Å². The Bertz CT molecular complexity index is 640. The average Bonchev–Trinajstić information content (AvgIpc) is 3.05. The molecule has 0 spiro atoms. The molecule has 0 bridgehead atoms. The maximum Gasteiger partial charge on any atom is 0.191 e. The van der Waals surface area contributed by atoms with E-state index in [0.29, 0.717) is 12.0 Å². The van der Waals surface area contributed by atoms with Gasteiger partial charge in [0.2, 0.25) is 0 Å². The number of hydrogen-bond donors (Lipinski definition) is 3. The van der Waals surface area contributed by atoms with Crippen LogP contribution in [0.1, 0.15) is 70.4 Å². The highest BCUT2D eigenvalue weighted by atomic mass is 16.3. The second kappa shape index (κ2) is 7.94. The normalized spacial score (nSPS) is 29.5. The molecule has 0 aromatic carbocycles. The summed E-state index contributed by atoms with van der Waals surface area (Å²) in [5.41, 5.74) is -0.0747. The highest BCUT2D eigenvalue weighted by Crippen LogP contribution is 2.35. The molecule has 0 saturated heterocycles. The predicted octanol–water partition coefficient (Wildman–Crippen LogP) is 1.82. The Morgan fingerprint density at radius 1 is 1.35 bits per heavy atom. The maximum absolute atomic E-state index is 10.4. The van der Waals surface area contributed by atoms with E-state index < -0.39 is 0 Å². The Morgan fingerprint density at radius 3 is 2.85 bits per heavy atom. The molecule has 3 unspecified atom stereocenters. The number of fused-ring (bicyclic) bond motifs is 1.